The summed E-state index contributed by atoms with van der Waals surface area (Å²) < 4.78 is 0. The van der Waals surface area contributed by atoms with E-state index in [9.17, 15) is 19.7 Å². The van der Waals surface area contributed by atoms with Crippen molar-refractivity contribution >= 4 is 17.6 Å². The van der Waals surface area contributed by atoms with Gasteiger partial charge >= 0.3 is 5.97 Å². The quantitative estimate of drug-likeness (QED) is 0.428. The standard InChI is InChI=1S/C16H20N2O5/c19-15(3-1-2-4-16(20)21)17(13-9-10-13)11-12-5-7-14(8-6-12)18(22)23/h5-8,13H,1-4,9-11H2,(H,20,21). The third-order valence-electron chi connectivity index (χ3n) is 3.84. The normalized spacial score (nSPS) is 13.6. The molecule has 0 atom stereocenters. The zero-order chi connectivity index (χ0) is 16.8. The van der Waals surface area contributed by atoms with Gasteiger partial charge in [-0.2, -0.15) is 0 Å². The number of carboxylic acid groups (broad SMARTS) is 1. The summed E-state index contributed by atoms with van der Waals surface area (Å²) in [4.78, 5) is 34.8. The van der Waals surface area contributed by atoms with Gasteiger partial charge in [-0.15, -0.1) is 0 Å². The molecule has 0 aromatic heterocycles. The Kier molecular flexibility index (Phi) is 5.67. The molecule has 124 valence electrons. The first kappa shape index (κ1) is 16.9. The molecule has 0 spiro atoms. The van der Waals surface area contributed by atoms with Crippen molar-refractivity contribution in [3.8, 4) is 0 Å². The van der Waals surface area contributed by atoms with Crippen LogP contribution in [0.1, 0.15) is 44.1 Å². The van der Waals surface area contributed by atoms with Crippen molar-refractivity contribution in [1.82, 2.24) is 4.90 Å². The third-order valence-corrected chi connectivity index (χ3v) is 3.84. The van der Waals surface area contributed by atoms with Crippen molar-refractivity contribution in [1.29, 1.82) is 0 Å². The maximum atomic E-state index is 12.3. The van der Waals surface area contributed by atoms with Gasteiger partial charge in [0.2, 0.25) is 5.91 Å². The number of amides is 1. The summed E-state index contributed by atoms with van der Waals surface area (Å²) in [7, 11) is 0. The fourth-order valence-electron chi connectivity index (χ4n) is 2.42. The van der Waals surface area contributed by atoms with E-state index in [0.29, 0.717) is 25.8 Å². The second-order valence-corrected chi connectivity index (χ2v) is 5.78. The molecule has 1 saturated carbocycles. The Balaban J connectivity index is 1.89. The highest BCUT2D eigenvalue weighted by molar-refractivity contribution is 5.77. The van der Waals surface area contributed by atoms with E-state index in [-0.39, 0.29) is 24.1 Å². The van der Waals surface area contributed by atoms with Gasteiger partial charge in [0.05, 0.1) is 4.92 Å². The lowest BCUT2D eigenvalue weighted by molar-refractivity contribution is -0.384. The first-order chi connectivity index (χ1) is 11.0. The molecule has 0 aliphatic heterocycles. The maximum absolute atomic E-state index is 12.3. The van der Waals surface area contributed by atoms with Gasteiger partial charge in [-0.05, 0) is 31.2 Å². The van der Waals surface area contributed by atoms with Gasteiger partial charge < -0.3 is 10.0 Å². The van der Waals surface area contributed by atoms with Gasteiger partial charge in [0, 0.05) is 37.6 Å². The molecule has 2 rings (SSSR count). The van der Waals surface area contributed by atoms with Crippen molar-refractivity contribution in [2.75, 3.05) is 0 Å². The van der Waals surface area contributed by atoms with E-state index in [1.165, 1.54) is 12.1 Å². The van der Waals surface area contributed by atoms with Crippen molar-refractivity contribution in [2.24, 2.45) is 0 Å². The molecule has 1 aliphatic carbocycles. The SMILES string of the molecule is O=C(O)CCCCC(=O)N(Cc1ccc([N+](=O)[O-])cc1)C1CC1. The molecule has 1 aromatic rings. The summed E-state index contributed by atoms with van der Waals surface area (Å²) in [5, 5.41) is 19.3. The van der Waals surface area contributed by atoms with Crippen molar-refractivity contribution in [3.63, 3.8) is 0 Å². The first-order valence-corrected chi connectivity index (χ1v) is 7.72. The van der Waals surface area contributed by atoms with E-state index in [4.69, 9.17) is 5.11 Å². The van der Waals surface area contributed by atoms with Gasteiger partial charge in [-0.25, -0.2) is 0 Å². The number of nitrogens with zero attached hydrogens (tertiary/aromatic N) is 2. The molecule has 7 nitrogen and oxygen atoms in total. The minimum absolute atomic E-state index is 0.0243. The summed E-state index contributed by atoms with van der Waals surface area (Å²) in [6.07, 6.45) is 3.45. The Morgan fingerprint density at radius 1 is 1.17 bits per heavy atom. The number of nitro groups is 1. The summed E-state index contributed by atoms with van der Waals surface area (Å²) in [6.45, 7) is 0.445. The highest BCUT2D eigenvalue weighted by atomic mass is 16.6. The monoisotopic (exact) mass is 320 g/mol. The second kappa shape index (κ2) is 7.71. The smallest absolute Gasteiger partial charge is 0.303 e. The van der Waals surface area contributed by atoms with E-state index in [2.05, 4.69) is 0 Å². The summed E-state index contributed by atoms with van der Waals surface area (Å²) in [6, 6.07) is 6.48. The van der Waals surface area contributed by atoms with Gasteiger partial charge in [0.1, 0.15) is 0 Å². The van der Waals surface area contributed by atoms with Crippen LogP contribution in [0.2, 0.25) is 0 Å². The lowest BCUT2D eigenvalue weighted by atomic mass is 10.1. The number of hydrogen-bond donors (Lipinski definition) is 1. The number of benzene rings is 1. The fourth-order valence-corrected chi connectivity index (χ4v) is 2.42. The largest absolute Gasteiger partial charge is 0.481 e. The average Bonchev–Trinajstić information content (AvgIpc) is 3.34. The number of carbonyl (C=O) groups excluding carboxylic acids is 1. The topological polar surface area (TPSA) is 101 Å². The molecular weight excluding hydrogens is 300 g/mol. The van der Waals surface area contributed by atoms with E-state index in [1.54, 1.807) is 12.1 Å². The van der Waals surface area contributed by atoms with E-state index in [0.717, 1.165) is 18.4 Å². The third kappa shape index (κ3) is 5.36. The van der Waals surface area contributed by atoms with E-state index in [1.807, 2.05) is 4.90 Å². The van der Waals surface area contributed by atoms with Crippen LogP contribution in [0.15, 0.2) is 24.3 Å². The molecular formula is C16H20N2O5. The van der Waals surface area contributed by atoms with E-state index < -0.39 is 10.9 Å². The summed E-state index contributed by atoms with van der Waals surface area (Å²) >= 11 is 0. The predicted molar refractivity (Wildman–Crippen MR) is 82.8 cm³/mol. The van der Waals surface area contributed by atoms with Crippen LogP contribution in [-0.2, 0) is 16.1 Å². The predicted octanol–water partition coefficient (Wildman–Crippen LogP) is 2.73. The number of rotatable bonds is 9. The Labute approximate surface area is 134 Å². The number of carboxylic acids is 1. The molecule has 0 bridgehead atoms. The zero-order valence-corrected chi connectivity index (χ0v) is 12.8. The molecule has 0 radical (unpaired) electrons. The van der Waals surface area contributed by atoms with Crippen LogP contribution >= 0.6 is 0 Å². The number of aliphatic carboxylic acids is 1. The van der Waals surface area contributed by atoms with Crippen LogP contribution < -0.4 is 0 Å². The molecule has 7 heteroatoms. The fraction of sp³-hybridized carbons (Fsp3) is 0.500. The van der Waals surface area contributed by atoms with Gasteiger partial charge in [0.25, 0.3) is 5.69 Å². The highest BCUT2D eigenvalue weighted by Crippen LogP contribution is 2.29. The minimum Gasteiger partial charge on any atom is -0.481 e. The maximum Gasteiger partial charge on any atom is 0.303 e. The molecule has 0 unspecified atom stereocenters. The minimum atomic E-state index is -0.845. The Hall–Kier alpha value is -2.44. The molecule has 1 aromatic carbocycles. The second-order valence-electron chi connectivity index (χ2n) is 5.78. The van der Waals surface area contributed by atoms with Gasteiger partial charge in [-0.1, -0.05) is 12.1 Å². The first-order valence-electron chi connectivity index (χ1n) is 7.72. The molecule has 1 fully saturated rings. The van der Waals surface area contributed by atoms with Crippen LogP contribution in [0.4, 0.5) is 5.69 Å². The van der Waals surface area contributed by atoms with Gasteiger partial charge in [-0.3, -0.25) is 19.7 Å². The Bertz CT molecular complexity index is 581. The lowest BCUT2D eigenvalue weighted by Crippen LogP contribution is -2.32. The van der Waals surface area contributed by atoms with Crippen LogP contribution in [-0.4, -0.2) is 32.8 Å². The van der Waals surface area contributed by atoms with Crippen molar-refractivity contribution < 1.29 is 19.6 Å². The van der Waals surface area contributed by atoms with E-state index >= 15 is 0 Å². The van der Waals surface area contributed by atoms with Crippen LogP contribution in [0.5, 0.6) is 0 Å². The molecule has 1 N–H and O–H groups in total. The molecule has 1 aliphatic rings. The Morgan fingerprint density at radius 2 is 1.78 bits per heavy atom. The number of non-ortho nitro benzene ring substituents is 1. The average molecular weight is 320 g/mol. The number of unbranched alkanes of at least 4 members (excludes halogenated alkanes) is 1. The number of nitro benzene ring substituents is 1. The molecule has 0 heterocycles. The summed E-state index contributed by atoms with van der Waals surface area (Å²) in [5.41, 5.74) is 0.896. The zero-order valence-electron chi connectivity index (χ0n) is 12.8. The van der Waals surface area contributed by atoms with Crippen LogP contribution in [0.25, 0.3) is 0 Å². The number of hydrogen-bond acceptors (Lipinski definition) is 4. The van der Waals surface area contributed by atoms with Crippen LogP contribution in [0.3, 0.4) is 0 Å². The molecule has 23 heavy (non-hydrogen) atoms. The van der Waals surface area contributed by atoms with Crippen molar-refractivity contribution in [3.05, 3.63) is 39.9 Å². The summed E-state index contributed by atoms with van der Waals surface area (Å²) in [5.74, 6) is -0.821. The molecule has 1 amide bonds. The molecule has 0 saturated heterocycles. The van der Waals surface area contributed by atoms with Crippen LogP contribution in [0, 0.1) is 10.1 Å². The highest BCUT2D eigenvalue weighted by Gasteiger charge is 2.32. The van der Waals surface area contributed by atoms with Gasteiger partial charge in [0.15, 0.2) is 0 Å². The number of carbonyl (C=O) groups is 2. The Morgan fingerprint density at radius 3 is 2.30 bits per heavy atom. The van der Waals surface area contributed by atoms with Crippen molar-refractivity contribution in [2.45, 2.75) is 51.1 Å². The lowest BCUT2D eigenvalue weighted by Gasteiger charge is -2.22.